The smallest absolute Gasteiger partial charge is 0.338 e. The zero-order chi connectivity index (χ0) is 19.2. The first-order valence-corrected chi connectivity index (χ1v) is 9.74. The van der Waals surface area contributed by atoms with E-state index in [1.165, 1.54) is 0 Å². The minimum absolute atomic E-state index is 0.00140. The minimum Gasteiger partial charge on any atom is -0.459 e. The summed E-state index contributed by atoms with van der Waals surface area (Å²) >= 11 is 0. The van der Waals surface area contributed by atoms with Crippen molar-refractivity contribution in [2.45, 2.75) is 50.9 Å². The predicted molar refractivity (Wildman–Crippen MR) is 103 cm³/mol. The average molecular weight is 375 g/mol. The molecule has 1 saturated heterocycles. The topological polar surface area (TPSA) is 79.9 Å². The number of urea groups is 1. The second-order valence-corrected chi connectivity index (χ2v) is 7.31. The monoisotopic (exact) mass is 375 g/mol. The minimum atomic E-state index is -0.300. The summed E-state index contributed by atoms with van der Waals surface area (Å²) in [4.78, 5) is 26.6. The second-order valence-electron chi connectivity index (χ2n) is 7.31. The molecule has 0 aromatic heterocycles. The van der Waals surface area contributed by atoms with Crippen molar-refractivity contribution in [1.29, 1.82) is 0 Å². The molecule has 2 amide bonds. The molecule has 148 valence electrons. The highest BCUT2D eigenvalue weighted by Gasteiger charge is 2.32. The molecule has 1 saturated carbocycles. The molecular weight excluding hydrogens is 346 g/mol. The van der Waals surface area contributed by atoms with E-state index in [0.717, 1.165) is 38.8 Å². The Kier molecular flexibility index (Phi) is 6.68. The highest BCUT2D eigenvalue weighted by Crippen LogP contribution is 2.22. The summed E-state index contributed by atoms with van der Waals surface area (Å²) in [5, 5.41) is 5.78. The van der Waals surface area contributed by atoms with E-state index in [0.29, 0.717) is 17.9 Å². The number of likely N-dealkylation sites (N-methyl/N-ethyl adjacent to an activating group) is 1. The highest BCUT2D eigenvalue weighted by molar-refractivity contribution is 5.92. The lowest BCUT2D eigenvalue weighted by Gasteiger charge is -2.20. The van der Waals surface area contributed by atoms with Gasteiger partial charge in [0.25, 0.3) is 0 Å². The predicted octanol–water partition coefficient (Wildman–Crippen LogP) is 2.63. The van der Waals surface area contributed by atoms with E-state index in [4.69, 9.17) is 9.47 Å². The molecule has 1 aliphatic heterocycles. The molecule has 2 fully saturated rings. The van der Waals surface area contributed by atoms with Crippen molar-refractivity contribution in [3.63, 3.8) is 0 Å². The number of carbonyl (C=O) groups is 2. The third-order valence-electron chi connectivity index (χ3n) is 5.10. The van der Waals surface area contributed by atoms with Gasteiger partial charge >= 0.3 is 12.0 Å². The molecule has 0 spiro atoms. The first kappa shape index (κ1) is 19.6. The van der Waals surface area contributed by atoms with Crippen LogP contribution in [0.1, 0.15) is 43.0 Å². The van der Waals surface area contributed by atoms with Crippen LogP contribution in [0, 0.1) is 0 Å². The van der Waals surface area contributed by atoms with E-state index in [-0.39, 0.29) is 30.3 Å². The first-order valence-electron chi connectivity index (χ1n) is 9.74. The van der Waals surface area contributed by atoms with Gasteiger partial charge in [-0.2, -0.15) is 0 Å². The number of benzene rings is 1. The Balaban J connectivity index is 1.50. The van der Waals surface area contributed by atoms with Crippen LogP contribution >= 0.6 is 0 Å². The molecule has 1 aliphatic carbocycles. The number of nitrogens with zero attached hydrogens (tertiary/aromatic N) is 1. The fourth-order valence-electron chi connectivity index (χ4n) is 3.73. The number of ether oxygens (including phenoxy) is 2. The van der Waals surface area contributed by atoms with Gasteiger partial charge in [0.2, 0.25) is 0 Å². The van der Waals surface area contributed by atoms with Crippen LogP contribution in [-0.2, 0) is 9.47 Å². The molecule has 2 N–H and O–H groups in total. The Hall–Kier alpha value is -2.12. The Morgan fingerprint density at radius 3 is 2.52 bits per heavy atom. The first-order chi connectivity index (χ1) is 13.0. The molecule has 1 aromatic carbocycles. The van der Waals surface area contributed by atoms with E-state index in [1.807, 2.05) is 14.0 Å². The third-order valence-corrected chi connectivity index (χ3v) is 5.10. The number of esters is 1. The largest absolute Gasteiger partial charge is 0.459 e. The Labute approximate surface area is 160 Å². The van der Waals surface area contributed by atoms with Gasteiger partial charge in [0.15, 0.2) is 0 Å². The molecule has 7 heteroatoms. The molecular formula is C20H29N3O4. The summed E-state index contributed by atoms with van der Waals surface area (Å²) in [5.74, 6) is -0.300. The van der Waals surface area contributed by atoms with Gasteiger partial charge in [0, 0.05) is 25.4 Å². The fourth-order valence-corrected chi connectivity index (χ4v) is 3.73. The van der Waals surface area contributed by atoms with Crippen LogP contribution in [0.5, 0.6) is 0 Å². The number of rotatable bonds is 6. The van der Waals surface area contributed by atoms with Crippen LogP contribution in [-0.4, -0.2) is 61.9 Å². The van der Waals surface area contributed by atoms with E-state index in [2.05, 4.69) is 15.5 Å². The lowest BCUT2D eigenvalue weighted by atomic mass is 10.2. The normalized spacial score (nSPS) is 23.3. The fraction of sp³-hybridized carbons (Fsp3) is 0.600. The Morgan fingerprint density at radius 2 is 1.85 bits per heavy atom. The maximum absolute atomic E-state index is 12.3. The van der Waals surface area contributed by atoms with Crippen LogP contribution in [0.3, 0.4) is 0 Å². The van der Waals surface area contributed by atoms with Crippen molar-refractivity contribution in [3.05, 3.63) is 29.8 Å². The molecule has 1 aromatic rings. The van der Waals surface area contributed by atoms with Crippen molar-refractivity contribution >= 4 is 17.7 Å². The number of likely N-dealkylation sites (tertiary alicyclic amines) is 1. The summed E-state index contributed by atoms with van der Waals surface area (Å²) in [6.07, 6.45) is 4.19. The van der Waals surface area contributed by atoms with Crippen LogP contribution in [0.4, 0.5) is 10.5 Å². The number of anilines is 1. The van der Waals surface area contributed by atoms with E-state index < -0.39 is 0 Å². The van der Waals surface area contributed by atoms with Gasteiger partial charge in [-0.25, -0.2) is 9.59 Å². The van der Waals surface area contributed by atoms with E-state index >= 15 is 0 Å². The summed E-state index contributed by atoms with van der Waals surface area (Å²) in [6, 6.07) is 6.47. The summed E-state index contributed by atoms with van der Waals surface area (Å²) < 4.78 is 11.2. The van der Waals surface area contributed by atoms with Gasteiger partial charge in [-0.15, -0.1) is 0 Å². The maximum atomic E-state index is 12.3. The number of carbonyl (C=O) groups excluding carboxylic acids is 2. The summed E-state index contributed by atoms with van der Waals surface area (Å²) in [7, 11) is 2.01. The van der Waals surface area contributed by atoms with Gasteiger partial charge in [-0.3, -0.25) is 0 Å². The Bertz CT molecular complexity index is 643. The highest BCUT2D eigenvalue weighted by atomic mass is 16.5. The molecule has 2 unspecified atom stereocenters. The number of nitrogens with one attached hydrogen (secondary N) is 2. The van der Waals surface area contributed by atoms with Crippen molar-refractivity contribution in [3.8, 4) is 0 Å². The third kappa shape index (κ3) is 5.43. The molecule has 0 radical (unpaired) electrons. The number of hydrogen-bond donors (Lipinski definition) is 2. The number of hydrogen-bond acceptors (Lipinski definition) is 5. The van der Waals surface area contributed by atoms with Crippen LogP contribution in [0.25, 0.3) is 0 Å². The lowest BCUT2D eigenvalue weighted by Crippen LogP contribution is -2.45. The van der Waals surface area contributed by atoms with Gasteiger partial charge < -0.3 is 25.0 Å². The van der Waals surface area contributed by atoms with Crippen molar-refractivity contribution in [1.82, 2.24) is 10.2 Å². The van der Waals surface area contributed by atoms with Crippen molar-refractivity contribution in [2.24, 2.45) is 0 Å². The molecule has 0 bridgehead atoms. The van der Waals surface area contributed by atoms with Crippen molar-refractivity contribution in [2.75, 3.05) is 32.1 Å². The molecule has 27 heavy (non-hydrogen) atoms. The van der Waals surface area contributed by atoms with Crippen LogP contribution in [0.2, 0.25) is 0 Å². The van der Waals surface area contributed by atoms with E-state index in [9.17, 15) is 9.59 Å². The van der Waals surface area contributed by atoms with Crippen LogP contribution < -0.4 is 10.6 Å². The second kappa shape index (κ2) is 9.19. The van der Waals surface area contributed by atoms with Crippen LogP contribution in [0.15, 0.2) is 24.3 Å². The molecule has 2 atom stereocenters. The Morgan fingerprint density at radius 1 is 1.15 bits per heavy atom. The van der Waals surface area contributed by atoms with E-state index in [1.54, 1.807) is 24.3 Å². The molecule has 2 aliphatic rings. The molecule has 1 heterocycles. The van der Waals surface area contributed by atoms with Gasteiger partial charge in [-0.1, -0.05) is 0 Å². The van der Waals surface area contributed by atoms with Gasteiger partial charge in [-0.05, 0) is 63.9 Å². The number of amides is 2. The standard InChI is InChI=1S/C20H29N3O4/c1-3-26-18-13-23(2)12-17(18)22-20(25)21-15-10-8-14(9-11-15)19(24)27-16-6-4-5-7-16/h8-11,16-18H,3-7,12-13H2,1-2H3,(H2,21,22,25). The maximum Gasteiger partial charge on any atom is 0.338 e. The lowest BCUT2D eigenvalue weighted by molar-refractivity contribution is 0.0318. The average Bonchev–Trinajstić information content (AvgIpc) is 3.25. The quantitative estimate of drug-likeness (QED) is 0.747. The van der Waals surface area contributed by atoms with Gasteiger partial charge in [0.1, 0.15) is 6.10 Å². The zero-order valence-electron chi connectivity index (χ0n) is 16.1. The molecule has 3 rings (SSSR count). The van der Waals surface area contributed by atoms with Gasteiger partial charge in [0.05, 0.1) is 17.7 Å². The molecule has 7 nitrogen and oxygen atoms in total. The SMILES string of the molecule is CCOC1CN(C)CC1NC(=O)Nc1ccc(C(=O)OC2CCCC2)cc1. The summed E-state index contributed by atoms with van der Waals surface area (Å²) in [5.41, 5.74) is 1.13. The zero-order valence-corrected chi connectivity index (χ0v) is 16.1. The summed E-state index contributed by atoms with van der Waals surface area (Å²) in [6.45, 7) is 4.13. The van der Waals surface area contributed by atoms with Crippen molar-refractivity contribution < 1.29 is 19.1 Å².